The number of alkyl halides is 1. The fraction of sp³-hybridized carbons (Fsp3) is 0.552. The molecule has 0 saturated heterocycles. The first-order chi connectivity index (χ1) is 16.5. The van der Waals surface area contributed by atoms with Gasteiger partial charge in [0, 0.05) is 23.1 Å². The maximum atomic E-state index is 12.4. The third-order valence-electron chi connectivity index (χ3n) is 9.48. The van der Waals surface area contributed by atoms with Crippen LogP contribution < -0.4 is 4.74 Å². The molecule has 1 aliphatic heterocycles. The molecule has 4 aliphatic carbocycles. The van der Waals surface area contributed by atoms with Gasteiger partial charge in [0.25, 0.3) is 0 Å². The molecule has 0 bridgehead atoms. The molecular weight excluding hydrogens is 512 g/mol. The van der Waals surface area contributed by atoms with E-state index in [1.165, 1.54) is 17.6 Å². The van der Waals surface area contributed by atoms with Gasteiger partial charge in [-0.05, 0) is 79.2 Å². The predicted molar refractivity (Wildman–Crippen MR) is 139 cm³/mol. The van der Waals surface area contributed by atoms with Crippen molar-refractivity contribution < 1.29 is 14.3 Å². The third kappa shape index (κ3) is 3.35. The molecule has 0 radical (unpaired) electrons. The Hall–Kier alpha value is -1.36. The summed E-state index contributed by atoms with van der Waals surface area (Å²) in [4.78, 5) is 12.4. The predicted octanol–water partition coefficient (Wildman–Crippen LogP) is 7.25. The van der Waals surface area contributed by atoms with Crippen LogP contribution in [0.5, 0.6) is 5.75 Å². The summed E-state index contributed by atoms with van der Waals surface area (Å²) < 4.78 is 12.3. The minimum absolute atomic E-state index is 0.0972. The van der Waals surface area contributed by atoms with Gasteiger partial charge in [0.15, 0.2) is 5.78 Å². The zero-order valence-corrected chi connectivity index (χ0v) is 22.1. The number of fused-ring (bicyclic) bond motifs is 5. The number of hydrogen-bond donors (Lipinski definition) is 0. The quantitative estimate of drug-likeness (QED) is 0.296. The lowest BCUT2D eigenvalue weighted by Crippen LogP contribution is -2.51. The molecule has 5 heteroatoms. The Bertz CT molecular complexity index is 1100. The molecule has 0 amide bonds. The second-order valence-corrected chi connectivity index (χ2v) is 12.0. The van der Waals surface area contributed by atoms with Crippen molar-refractivity contribution in [2.75, 3.05) is 18.5 Å². The molecule has 34 heavy (non-hydrogen) atoms. The summed E-state index contributed by atoms with van der Waals surface area (Å²) in [6.45, 7) is 3.88. The summed E-state index contributed by atoms with van der Waals surface area (Å²) in [6, 6.07) is 8.73. The molecule has 5 aliphatic rings. The maximum absolute atomic E-state index is 12.4. The zero-order valence-electron chi connectivity index (χ0n) is 19.7. The molecule has 2 fully saturated rings. The molecule has 1 aromatic rings. The van der Waals surface area contributed by atoms with Crippen LogP contribution in [0.15, 0.2) is 58.2 Å². The van der Waals surface area contributed by atoms with E-state index in [1.54, 1.807) is 5.57 Å². The fourth-order valence-electron chi connectivity index (χ4n) is 7.98. The number of rotatable bonds is 4. The Labute approximate surface area is 215 Å². The monoisotopic (exact) mass is 542 g/mol. The lowest BCUT2D eigenvalue weighted by Gasteiger charge is -2.55. The Morgan fingerprint density at radius 3 is 2.71 bits per heavy atom. The molecule has 180 valence electrons. The van der Waals surface area contributed by atoms with Gasteiger partial charge in [-0.2, -0.15) is 0 Å². The number of allylic oxidation sites excluding steroid dienone is 4. The van der Waals surface area contributed by atoms with Gasteiger partial charge < -0.3 is 9.47 Å². The van der Waals surface area contributed by atoms with E-state index in [4.69, 9.17) is 21.1 Å². The molecule has 3 nitrogen and oxygen atoms in total. The van der Waals surface area contributed by atoms with E-state index in [0.717, 1.165) is 55.4 Å². The van der Waals surface area contributed by atoms with Crippen molar-refractivity contribution in [3.05, 3.63) is 63.7 Å². The standard InChI is InChI=1S/C29H32BrClO3/c1-28-17-23(18-3-5-19(6-4-18)33-16-14-30)26-20-9-10-25(32)27(31)21(20)7-8-22(26)24(28)11-13-29(28)12-2-15-34-29/h2-6,12,22-24H,7-11,13-17H2,1H3/t22-,23+,24-,28-,29-/m0/s1. The molecule has 0 N–H and O–H groups in total. The van der Waals surface area contributed by atoms with Crippen LogP contribution >= 0.6 is 27.5 Å². The summed E-state index contributed by atoms with van der Waals surface area (Å²) in [6.07, 6.45) is 11.4. The molecule has 6 rings (SSSR count). The average molecular weight is 544 g/mol. The van der Waals surface area contributed by atoms with E-state index in [-0.39, 0.29) is 16.8 Å². The molecule has 0 aromatic heterocycles. The van der Waals surface area contributed by atoms with Crippen molar-refractivity contribution >= 4 is 33.3 Å². The zero-order chi connectivity index (χ0) is 23.5. The van der Waals surface area contributed by atoms with Crippen LogP contribution in [-0.4, -0.2) is 29.9 Å². The highest BCUT2D eigenvalue weighted by molar-refractivity contribution is 9.09. The third-order valence-corrected chi connectivity index (χ3v) is 10.2. The highest BCUT2D eigenvalue weighted by Gasteiger charge is 2.63. The summed E-state index contributed by atoms with van der Waals surface area (Å²) in [7, 11) is 0. The first-order valence-corrected chi connectivity index (χ1v) is 14.2. The van der Waals surface area contributed by atoms with Gasteiger partial charge in [-0.3, -0.25) is 4.79 Å². The van der Waals surface area contributed by atoms with Crippen LogP contribution in [-0.2, 0) is 9.53 Å². The number of halogens is 2. The molecule has 5 atom stereocenters. The van der Waals surface area contributed by atoms with Gasteiger partial charge in [0.2, 0.25) is 0 Å². The van der Waals surface area contributed by atoms with Gasteiger partial charge in [-0.1, -0.05) is 64.3 Å². The van der Waals surface area contributed by atoms with Gasteiger partial charge >= 0.3 is 0 Å². The van der Waals surface area contributed by atoms with E-state index >= 15 is 0 Å². The second kappa shape index (κ2) is 8.64. The lowest BCUT2D eigenvalue weighted by molar-refractivity contribution is -0.115. The first-order valence-electron chi connectivity index (χ1n) is 12.7. The van der Waals surface area contributed by atoms with Crippen LogP contribution in [0, 0.1) is 17.3 Å². The Kier molecular flexibility index (Phi) is 5.86. The SMILES string of the molecule is C[C@]12C[C@H](c3ccc(OCCBr)cc3)C3=C4CCC(=O)C(Cl)=C4CC[C@H]3[C@@H]1CC[C@@]21C=CCO1. The van der Waals surface area contributed by atoms with E-state index < -0.39 is 0 Å². The topological polar surface area (TPSA) is 35.5 Å². The van der Waals surface area contributed by atoms with E-state index in [2.05, 4.69) is 59.3 Å². The summed E-state index contributed by atoms with van der Waals surface area (Å²) in [5.41, 5.74) is 5.41. The fourth-order valence-corrected chi connectivity index (χ4v) is 8.45. The van der Waals surface area contributed by atoms with Crippen molar-refractivity contribution in [2.45, 2.75) is 63.4 Å². The molecule has 1 heterocycles. The molecule has 1 spiro atoms. The van der Waals surface area contributed by atoms with Gasteiger partial charge in [0.1, 0.15) is 5.75 Å². The number of ketones is 1. The second-order valence-electron chi connectivity index (χ2n) is 10.8. The largest absolute Gasteiger partial charge is 0.493 e. The van der Waals surface area contributed by atoms with Crippen molar-refractivity contribution in [2.24, 2.45) is 17.3 Å². The number of carbonyl (C=O) groups excluding carboxylic acids is 1. The Morgan fingerprint density at radius 1 is 1.15 bits per heavy atom. The molecule has 2 saturated carbocycles. The number of carbonyl (C=O) groups is 1. The smallest absolute Gasteiger partial charge is 0.174 e. The van der Waals surface area contributed by atoms with E-state index in [9.17, 15) is 4.79 Å². The van der Waals surface area contributed by atoms with Crippen LogP contribution in [0.3, 0.4) is 0 Å². The molecule has 0 unspecified atom stereocenters. The van der Waals surface area contributed by atoms with Gasteiger partial charge in [0.05, 0.1) is 23.8 Å². The lowest BCUT2D eigenvalue weighted by atomic mass is 9.51. The van der Waals surface area contributed by atoms with Crippen LogP contribution in [0.2, 0.25) is 0 Å². The average Bonchev–Trinajstić information content (AvgIpc) is 3.45. The number of Topliss-reactive ketones (excluding diaryl/α,β-unsaturated/α-hetero) is 1. The number of ether oxygens (including phenoxy) is 2. The molecular formula is C29H32BrClO3. The van der Waals surface area contributed by atoms with Gasteiger partial charge in [-0.25, -0.2) is 0 Å². The Morgan fingerprint density at radius 2 is 1.97 bits per heavy atom. The summed E-state index contributed by atoms with van der Waals surface area (Å²) in [5.74, 6) is 2.48. The van der Waals surface area contributed by atoms with Gasteiger partial charge in [-0.15, -0.1) is 0 Å². The van der Waals surface area contributed by atoms with Crippen molar-refractivity contribution in [1.82, 2.24) is 0 Å². The highest BCUT2D eigenvalue weighted by atomic mass is 79.9. The Balaban J connectivity index is 1.48. The normalized spacial score (nSPS) is 36.7. The van der Waals surface area contributed by atoms with Crippen molar-refractivity contribution in [3.63, 3.8) is 0 Å². The first kappa shape index (κ1) is 23.1. The minimum Gasteiger partial charge on any atom is -0.493 e. The van der Waals surface area contributed by atoms with E-state index in [1.807, 2.05) is 0 Å². The van der Waals surface area contributed by atoms with Crippen LogP contribution in [0.25, 0.3) is 0 Å². The number of benzene rings is 1. The molecule has 1 aromatic carbocycles. The van der Waals surface area contributed by atoms with Crippen LogP contribution in [0.1, 0.15) is 63.4 Å². The minimum atomic E-state index is -0.138. The van der Waals surface area contributed by atoms with E-state index in [0.29, 0.717) is 35.8 Å². The summed E-state index contributed by atoms with van der Waals surface area (Å²) in [5, 5.41) is 1.32. The highest BCUT2D eigenvalue weighted by Crippen LogP contribution is 2.68. The summed E-state index contributed by atoms with van der Waals surface area (Å²) >= 11 is 10.1. The maximum Gasteiger partial charge on any atom is 0.174 e. The number of hydrogen-bond acceptors (Lipinski definition) is 3. The van der Waals surface area contributed by atoms with Crippen LogP contribution in [0.4, 0.5) is 0 Å². The van der Waals surface area contributed by atoms with Crippen molar-refractivity contribution in [3.8, 4) is 5.75 Å². The van der Waals surface area contributed by atoms with Crippen molar-refractivity contribution in [1.29, 1.82) is 0 Å².